The third-order valence-corrected chi connectivity index (χ3v) is 6.42. The van der Waals surface area contributed by atoms with Crippen molar-refractivity contribution in [1.29, 1.82) is 0 Å². The van der Waals surface area contributed by atoms with E-state index in [9.17, 15) is 13.2 Å². The molecule has 1 aromatic heterocycles. The number of aryl methyl sites for hydroxylation is 2. The first-order valence-electron chi connectivity index (χ1n) is 12.0. The van der Waals surface area contributed by atoms with Crippen LogP contribution in [0.5, 0.6) is 11.5 Å². The van der Waals surface area contributed by atoms with Crippen molar-refractivity contribution in [3.63, 3.8) is 0 Å². The van der Waals surface area contributed by atoms with Crippen LogP contribution in [-0.4, -0.2) is 38.6 Å². The van der Waals surface area contributed by atoms with Gasteiger partial charge in [0.1, 0.15) is 12.4 Å². The van der Waals surface area contributed by atoms with Crippen molar-refractivity contribution in [3.05, 3.63) is 70.6 Å². The fourth-order valence-electron chi connectivity index (χ4n) is 3.57. The summed E-state index contributed by atoms with van der Waals surface area (Å²) in [6, 6.07) is 11.0. The van der Waals surface area contributed by atoms with E-state index in [1.807, 2.05) is 27.7 Å². The van der Waals surface area contributed by atoms with Gasteiger partial charge in [-0.15, -0.1) is 0 Å². The molecule has 0 saturated heterocycles. The minimum atomic E-state index is -3.92. The molecule has 0 fully saturated rings. The highest BCUT2D eigenvalue weighted by Gasteiger charge is 2.29. The molecule has 0 atom stereocenters. The van der Waals surface area contributed by atoms with Crippen LogP contribution in [0, 0.1) is 13.8 Å². The molecule has 1 aliphatic heterocycles. The number of carbonyl (C=O) groups is 1. The van der Waals surface area contributed by atoms with E-state index in [4.69, 9.17) is 19.1 Å². The van der Waals surface area contributed by atoms with Crippen LogP contribution in [0.4, 0.5) is 5.69 Å². The zero-order chi connectivity index (χ0) is 29.3. The highest BCUT2D eigenvalue weighted by molar-refractivity contribution is 7.89. The van der Waals surface area contributed by atoms with Crippen LogP contribution in [0.15, 0.2) is 62.6 Å². The third-order valence-electron chi connectivity index (χ3n) is 5.51. The highest BCUT2D eigenvalue weighted by Crippen LogP contribution is 2.32. The Hall–Kier alpha value is -3.61. The lowest BCUT2D eigenvalue weighted by Crippen LogP contribution is -2.22. The van der Waals surface area contributed by atoms with Crippen molar-refractivity contribution >= 4 is 46.0 Å². The zero-order valence-corrected chi connectivity index (χ0v) is 24.8. The van der Waals surface area contributed by atoms with Gasteiger partial charge in [-0.1, -0.05) is 31.1 Å². The number of hydrogen-bond acceptors (Lipinski definition) is 9. The number of amides is 1. The monoisotopic (exact) mass is 574 g/mol. The van der Waals surface area contributed by atoms with Crippen molar-refractivity contribution in [2.75, 3.05) is 18.4 Å². The van der Waals surface area contributed by atoms with Crippen LogP contribution in [0.1, 0.15) is 43.4 Å². The third kappa shape index (κ3) is 7.49. The van der Waals surface area contributed by atoms with E-state index >= 15 is 0 Å². The number of methoxy groups -OCH3 is 1. The first-order chi connectivity index (χ1) is 18.6. The molecule has 3 aromatic rings. The number of anilines is 1. The van der Waals surface area contributed by atoms with Crippen molar-refractivity contribution < 1.29 is 27.2 Å². The maximum Gasteiger partial charge on any atom is 0.280 e. The first-order valence-corrected chi connectivity index (χ1v) is 14.4. The molecule has 0 spiro atoms. The van der Waals surface area contributed by atoms with Gasteiger partial charge in [-0.3, -0.25) is 4.79 Å². The summed E-state index contributed by atoms with van der Waals surface area (Å²) in [6.45, 7) is 9.64. The Kier molecular flexibility index (Phi) is 11.3. The Balaban J connectivity index is 0.00000127. The number of benzene rings is 2. The number of nitrogens with zero attached hydrogens (tertiary/aromatic N) is 3. The Bertz CT molecular complexity index is 1460. The normalized spacial score (nSPS) is 13.8. The molecule has 2 N–H and O–H groups in total. The maximum absolute atomic E-state index is 13.1. The van der Waals surface area contributed by atoms with Crippen LogP contribution < -0.4 is 19.6 Å². The predicted octanol–water partition coefficient (Wildman–Crippen LogP) is 4.90. The maximum atomic E-state index is 13.1. The summed E-state index contributed by atoms with van der Waals surface area (Å²) in [6.07, 6.45) is 3.38. The van der Waals surface area contributed by atoms with Gasteiger partial charge >= 0.3 is 0 Å². The lowest BCUT2D eigenvalue weighted by molar-refractivity contribution is -0.114. The van der Waals surface area contributed by atoms with E-state index in [2.05, 4.69) is 22.9 Å². The molecule has 10 nitrogen and oxygen atoms in total. The summed E-state index contributed by atoms with van der Waals surface area (Å²) in [5, 5.41) is 14.6. The average molecular weight is 575 g/mol. The topological polar surface area (TPSA) is 137 Å². The Labute approximate surface area is 234 Å². The number of sulfonamides is 1. The Morgan fingerprint density at radius 2 is 1.77 bits per heavy atom. The number of carbonyl (C=O) groups excluding carboxylic acids is 1. The Morgan fingerprint density at radius 3 is 2.36 bits per heavy atom. The standard InChI is InChI=1S/C24H24N4O6S.C2H6.CH4S/c1-14-20(24(29)28(26-14)18-6-5-7-19(12-18)35(25,30)31)10-17-8-9-22(23(11-17)32-4)33-13-21-15(2)27-34-16(21)3;2*1-2/h5-12H,13H2,1-4H3,(H2,25,30,31);1-2H3;2H,1H3/b20-10-;;. The molecule has 0 aliphatic carbocycles. The summed E-state index contributed by atoms with van der Waals surface area (Å²) < 4.78 is 39.9. The lowest BCUT2D eigenvalue weighted by Gasteiger charge is -2.13. The van der Waals surface area contributed by atoms with Crippen LogP contribution in [0.25, 0.3) is 6.08 Å². The number of hydrazone groups is 1. The van der Waals surface area contributed by atoms with Gasteiger partial charge < -0.3 is 14.0 Å². The molecule has 0 unspecified atom stereocenters. The molecule has 12 heteroatoms. The first kappa shape index (κ1) is 31.6. The van der Waals surface area contributed by atoms with Crippen LogP contribution in [-0.2, 0) is 21.4 Å². The number of hydrogen-bond donors (Lipinski definition) is 2. The number of ether oxygens (including phenoxy) is 2. The van der Waals surface area contributed by atoms with E-state index in [0.717, 1.165) is 16.3 Å². The second kappa shape index (κ2) is 14.0. The van der Waals surface area contributed by atoms with Gasteiger partial charge in [-0.05, 0) is 69.0 Å². The molecule has 210 valence electrons. The average Bonchev–Trinajstić information content (AvgIpc) is 3.41. The van der Waals surface area contributed by atoms with E-state index in [0.29, 0.717) is 39.8 Å². The van der Waals surface area contributed by atoms with Crippen molar-refractivity contribution in [1.82, 2.24) is 5.16 Å². The van der Waals surface area contributed by atoms with Gasteiger partial charge in [0, 0.05) is 0 Å². The van der Waals surface area contributed by atoms with Gasteiger partial charge in [0.2, 0.25) is 10.0 Å². The van der Waals surface area contributed by atoms with Gasteiger partial charge in [0.15, 0.2) is 11.5 Å². The SMILES string of the molecule is CC.COc1cc(/C=C2\C(=O)N(c3cccc(S(N)(=O)=O)c3)N=C2C)ccc1OCc1c(C)noc1C.CS. The Morgan fingerprint density at radius 1 is 1.08 bits per heavy atom. The fraction of sp³-hybridized carbons (Fsp3) is 0.296. The summed E-state index contributed by atoms with van der Waals surface area (Å²) in [5.74, 6) is 1.31. The lowest BCUT2D eigenvalue weighted by atomic mass is 10.1. The zero-order valence-electron chi connectivity index (χ0n) is 23.0. The highest BCUT2D eigenvalue weighted by atomic mass is 32.2. The number of thiol groups is 1. The second-order valence-corrected chi connectivity index (χ2v) is 9.47. The molecule has 2 heterocycles. The van der Waals surface area contributed by atoms with Gasteiger partial charge in [0.05, 0.1) is 40.2 Å². The van der Waals surface area contributed by atoms with E-state index < -0.39 is 15.9 Å². The van der Waals surface area contributed by atoms with Crippen LogP contribution in [0.3, 0.4) is 0 Å². The second-order valence-electron chi connectivity index (χ2n) is 7.90. The molecule has 0 saturated carbocycles. The summed E-state index contributed by atoms with van der Waals surface area (Å²) in [4.78, 5) is 13.0. The molecule has 0 bridgehead atoms. The van der Waals surface area contributed by atoms with Crippen LogP contribution >= 0.6 is 12.6 Å². The number of aromatic nitrogens is 1. The molecular formula is C27H34N4O6S2. The van der Waals surface area contributed by atoms with Gasteiger partial charge in [0.25, 0.3) is 5.91 Å². The van der Waals surface area contributed by atoms with Gasteiger partial charge in [-0.2, -0.15) is 22.7 Å². The van der Waals surface area contributed by atoms with Crippen molar-refractivity contribution in [3.8, 4) is 11.5 Å². The van der Waals surface area contributed by atoms with Crippen LogP contribution in [0.2, 0.25) is 0 Å². The fourth-order valence-corrected chi connectivity index (χ4v) is 4.12. The van der Waals surface area contributed by atoms with E-state index in [-0.39, 0.29) is 11.5 Å². The smallest absolute Gasteiger partial charge is 0.280 e. The van der Waals surface area contributed by atoms with Crippen molar-refractivity contribution in [2.24, 2.45) is 10.2 Å². The van der Waals surface area contributed by atoms with Gasteiger partial charge in [-0.25, -0.2) is 13.6 Å². The quantitative estimate of drug-likeness (QED) is 0.302. The number of nitrogens with two attached hydrogens (primary N) is 1. The number of primary sulfonamides is 1. The van der Waals surface area contributed by atoms with Crippen molar-refractivity contribution in [2.45, 2.75) is 46.1 Å². The molecule has 0 radical (unpaired) electrons. The molecular weight excluding hydrogens is 540 g/mol. The molecule has 1 aliphatic rings. The number of rotatable bonds is 7. The van der Waals surface area contributed by atoms with E-state index in [1.165, 1.54) is 25.3 Å². The minimum absolute atomic E-state index is 0.106. The molecule has 39 heavy (non-hydrogen) atoms. The minimum Gasteiger partial charge on any atom is -0.493 e. The van der Waals surface area contributed by atoms with E-state index in [1.54, 1.807) is 43.5 Å². The molecule has 1 amide bonds. The summed E-state index contributed by atoms with van der Waals surface area (Å²) in [7, 11) is -2.39. The summed E-state index contributed by atoms with van der Waals surface area (Å²) in [5.41, 5.74) is 3.46. The molecule has 4 rings (SSSR count). The molecule has 2 aromatic carbocycles. The summed E-state index contributed by atoms with van der Waals surface area (Å²) >= 11 is 3.53. The largest absolute Gasteiger partial charge is 0.493 e. The predicted molar refractivity (Wildman–Crippen MR) is 156 cm³/mol.